The quantitative estimate of drug-likeness (QED) is 0.374. The first kappa shape index (κ1) is 32.6. The molecule has 3 saturated heterocycles. The Morgan fingerprint density at radius 1 is 0.745 bits per heavy atom. The normalized spacial score (nSPS) is 20.6. The van der Waals surface area contributed by atoms with Crippen molar-refractivity contribution in [3.63, 3.8) is 0 Å². The van der Waals surface area contributed by atoms with Crippen LogP contribution in [-0.4, -0.2) is 121 Å². The molecule has 3 fully saturated rings. The number of anilines is 4. The van der Waals surface area contributed by atoms with E-state index >= 15 is 0 Å². The fourth-order valence-corrected chi connectivity index (χ4v) is 6.15. The molecule has 0 spiro atoms. The van der Waals surface area contributed by atoms with Gasteiger partial charge in [-0.3, -0.25) is 9.69 Å². The molecule has 3 aliphatic heterocycles. The zero-order valence-electron chi connectivity index (χ0n) is 27.5. The molecule has 4 heterocycles. The number of carbonyl (C=O) groups excluding carboxylic acids is 2. The molecule has 0 radical (unpaired) electrons. The zero-order chi connectivity index (χ0) is 32.8. The van der Waals surface area contributed by atoms with Gasteiger partial charge in [-0.2, -0.15) is 15.0 Å². The molecular formula is C34H45N9O4. The molecule has 2 N–H and O–H groups in total. The van der Waals surface area contributed by atoms with Crippen molar-refractivity contribution < 1.29 is 19.1 Å². The van der Waals surface area contributed by atoms with Crippen LogP contribution in [0.25, 0.3) is 11.4 Å². The third-order valence-electron chi connectivity index (χ3n) is 8.85. The molecule has 3 amide bonds. The number of ether oxygens (including phenoxy) is 2. The smallest absolute Gasteiger partial charge is 0.323 e. The summed E-state index contributed by atoms with van der Waals surface area (Å²) in [6.07, 6.45) is 1.12. The van der Waals surface area contributed by atoms with Crippen molar-refractivity contribution in [1.82, 2.24) is 24.8 Å². The Bertz CT molecular complexity index is 1470. The summed E-state index contributed by atoms with van der Waals surface area (Å²) in [6.45, 7) is 14.6. The Hall–Kier alpha value is -4.33. The van der Waals surface area contributed by atoms with Gasteiger partial charge in [0.25, 0.3) is 5.91 Å². The summed E-state index contributed by atoms with van der Waals surface area (Å²) >= 11 is 0. The number of hydrogen-bond acceptors (Lipinski definition) is 10. The third kappa shape index (κ3) is 7.98. The fraction of sp³-hybridized carbons (Fsp3) is 0.500. The molecule has 0 bridgehead atoms. The molecule has 3 aliphatic rings. The van der Waals surface area contributed by atoms with Crippen molar-refractivity contribution in [2.45, 2.75) is 39.3 Å². The minimum atomic E-state index is -0.379. The molecule has 6 rings (SSSR count). The number of hydrogen-bond donors (Lipinski definition) is 2. The van der Waals surface area contributed by atoms with Gasteiger partial charge in [0.2, 0.25) is 11.9 Å². The van der Waals surface area contributed by atoms with E-state index < -0.39 is 0 Å². The molecule has 3 aromatic rings. The Labute approximate surface area is 276 Å². The second-order valence-electron chi connectivity index (χ2n) is 12.4. The number of benzene rings is 2. The number of nitrogens with zero attached hydrogens (tertiary/aromatic N) is 7. The van der Waals surface area contributed by atoms with Gasteiger partial charge >= 0.3 is 6.03 Å². The van der Waals surface area contributed by atoms with E-state index in [1.807, 2.05) is 29.2 Å². The van der Waals surface area contributed by atoms with E-state index in [-0.39, 0.29) is 24.0 Å². The van der Waals surface area contributed by atoms with Crippen molar-refractivity contribution in [2.24, 2.45) is 0 Å². The van der Waals surface area contributed by atoms with Crippen molar-refractivity contribution in [2.75, 3.05) is 92.7 Å². The first-order valence-corrected chi connectivity index (χ1v) is 16.6. The summed E-state index contributed by atoms with van der Waals surface area (Å²) in [5.41, 5.74) is 2.66. The third-order valence-corrected chi connectivity index (χ3v) is 8.85. The lowest BCUT2D eigenvalue weighted by atomic mass is 10.1. The van der Waals surface area contributed by atoms with Gasteiger partial charge in [-0.1, -0.05) is 6.92 Å². The second-order valence-corrected chi connectivity index (χ2v) is 12.4. The van der Waals surface area contributed by atoms with E-state index in [9.17, 15) is 9.59 Å². The van der Waals surface area contributed by atoms with E-state index in [1.54, 1.807) is 24.3 Å². The molecule has 0 aliphatic carbocycles. The maximum Gasteiger partial charge on any atom is 0.323 e. The minimum absolute atomic E-state index is 0.0218. The van der Waals surface area contributed by atoms with Gasteiger partial charge in [0.1, 0.15) is 0 Å². The number of piperazine rings is 1. The van der Waals surface area contributed by atoms with Crippen LogP contribution < -0.4 is 20.4 Å². The number of morpholine rings is 2. The summed E-state index contributed by atoms with van der Waals surface area (Å²) in [7, 11) is 0. The predicted octanol–water partition coefficient (Wildman–Crippen LogP) is 3.80. The van der Waals surface area contributed by atoms with E-state index in [1.165, 1.54) is 0 Å². The Morgan fingerprint density at radius 2 is 1.28 bits per heavy atom. The Morgan fingerprint density at radius 3 is 1.79 bits per heavy atom. The Kier molecular flexibility index (Phi) is 10.4. The lowest BCUT2D eigenvalue weighted by Gasteiger charge is -2.36. The maximum absolute atomic E-state index is 13.0. The highest BCUT2D eigenvalue weighted by atomic mass is 16.5. The number of aromatic nitrogens is 3. The van der Waals surface area contributed by atoms with Gasteiger partial charge in [-0.05, 0) is 75.3 Å². The monoisotopic (exact) mass is 643 g/mol. The van der Waals surface area contributed by atoms with Crippen LogP contribution in [0.2, 0.25) is 0 Å². The van der Waals surface area contributed by atoms with Crippen LogP contribution in [0.15, 0.2) is 48.5 Å². The molecule has 47 heavy (non-hydrogen) atoms. The van der Waals surface area contributed by atoms with Crippen molar-refractivity contribution >= 4 is 35.2 Å². The van der Waals surface area contributed by atoms with Gasteiger partial charge in [0.15, 0.2) is 5.82 Å². The number of nitrogens with one attached hydrogen (secondary N) is 2. The van der Waals surface area contributed by atoms with E-state index in [2.05, 4.69) is 46.1 Å². The van der Waals surface area contributed by atoms with Crippen LogP contribution in [-0.2, 0) is 9.47 Å². The highest BCUT2D eigenvalue weighted by molar-refractivity contribution is 6.00. The van der Waals surface area contributed by atoms with Crippen molar-refractivity contribution in [3.05, 3.63) is 54.1 Å². The van der Waals surface area contributed by atoms with Crippen LogP contribution in [0.5, 0.6) is 0 Å². The molecule has 13 nitrogen and oxygen atoms in total. The summed E-state index contributed by atoms with van der Waals surface area (Å²) in [5.74, 6) is 1.84. The van der Waals surface area contributed by atoms with Crippen LogP contribution >= 0.6 is 0 Å². The van der Waals surface area contributed by atoms with Crippen LogP contribution in [0.1, 0.15) is 37.6 Å². The van der Waals surface area contributed by atoms with Crippen LogP contribution in [0.3, 0.4) is 0 Å². The molecule has 1 aromatic heterocycles. The second kappa shape index (κ2) is 15.1. The summed E-state index contributed by atoms with van der Waals surface area (Å²) in [6, 6.07) is 14.4. The van der Waals surface area contributed by atoms with E-state index in [0.29, 0.717) is 74.2 Å². The van der Waals surface area contributed by atoms with Gasteiger partial charge in [0.05, 0.1) is 38.5 Å². The van der Waals surface area contributed by atoms with Gasteiger partial charge in [-0.15, -0.1) is 0 Å². The average Bonchev–Trinajstić information content (AvgIpc) is 3.09. The summed E-state index contributed by atoms with van der Waals surface area (Å²) in [5, 5.41) is 5.74. The lowest BCUT2D eigenvalue weighted by molar-refractivity contribution is 0.0637. The number of rotatable bonds is 8. The first-order valence-electron chi connectivity index (χ1n) is 16.6. The van der Waals surface area contributed by atoms with Crippen LogP contribution in [0, 0.1) is 0 Å². The molecule has 0 saturated carbocycles. The van der Waals surface area contributed by atoms with Crippen LogP contribution in [0.4, 0.5) is 28.1 Å². The van der Waals surface area contributed by atoms with E-state index in [4.69, 9.17) is 24.4 Å². The predicted molar refractivity (Wildman–Crippen MR) is 182 cm³/mol. The van der Waals surface area contributed by atoms with Crippen molar-refractivity contribution in [1.29, 1.82) is 0 Å². The maximum atomic E-state index is 13.0. The van der Waals surface area contributed by atoms with E-state index in [0.717, 1.165) is 44.7 Å². The van der Waals surface area contributed by atoms with Crippen molar-refractivity contribution in [3.8, 4) is 11.4 Å². The highest BCUT2D eigenvalue weighted by Crippen LogP contribution is 2.26. The van der Waals surface area contributed by atoms with Gasteiger partial charge in [-0.25, -0.2) is 4.79 Å². The minimum Gasteiger partial charge on any atom is -0.377 e. The highest BCUT2D eigenvalue weighted by Gasteiger charge is 2.27. The first-order chi connectivity index (χ1) is 22.9. The molecule has 2 aromatic carbocycles. The largest absolute Gasteiger partial charge is 0.377 e. The molecule has 13 heteroatoms. The summed E-state index contributed by atoms with van der Waals surface area (Å²) in [4.78, 5) is 49.0. The average molecular weight is 644 g/mol. The van der Waals surface area contributed by atoms with Gasteiger partial charge < -0.3 is 34.8 Å². The molecular weight excluding hydrogens is 598 g/mol. The standard InChI is InChI=1S/C34H45N9O4/c1-4-13-40-14-16-41(17-15-40)31(44)27-7-11-29(12-8-27)36-34(45)35-28-9-5-26(6-10-28)30-37-32(42-18-20-46-22-24(42)2)39-33(38-30)43-19-21-47-23-25(43)3/h5-12,24-25H,4,13-23H2,1-3H3,(H2,35,36,45)/t24-,25-/m0/s1. The topological polar surface area (TPSA) is 128 Å². The molecule has 250 valence electrons. The van der Waals surface area contributed by atoms with Gasteiger partial charge in [0, 0.05) is 61.8 Å². The number of amides is 3. The number of urea groups is 1. The molecule has 2 atom stereocenters. The zero-order valence-corrected chi connectivity index (χ0v) is 27.5. The molecule has 0 unspecified atom stereocenters. The summed E-state index contributed by atoms with van der Waals surface area (Å²) < 4.78 is 11.3. The Balaban J connectivity index is 1.10. The fourth-order valence-electron chi connectivity index (χ4n) is 6.15. The lowest BCUT2D eigenvalue weighted by Crippen LogP contribution is -2.48. The SMILES string of the molecule is CCCN1CCN(C(=O)c2ccc(NC(=O)Nc3ccc(-c4nc(N5CCOC[C@@H]5C)nc(N5CCOC[C@@H]5C)n4)cc3)cc2)CC1. The number of carbonyl (C=O) groups is 2.